The molecule has 100 valence electrons. The van der Waals surface area contributed by atoms with E-state index in [4.69, 9.17) is 10.0 Å². The predicted octanol–water partition coefficient (Wildman–Crippen LogP) is 0.703. The highest BCUT2D eigenvalue weighted by molar-refractivity contribution is 6.58. The molecule has 19 heavy (non-hydrogen) atoms. The molecule has 2 N–H and O–H groups in total. The Morgan fingerprint density at radius 1 is 1.37 bits per heavy atom. The minimum atomic E-state index is -1.65. The second-order valence-electron chi connectivity index (χ2n) is 4.45. The molecule has 4 nitrogen and oxygen atoms in total. The molecule has 0 aliphatic carbocycles. The Kier molecular flexibility index (Phi) is 4.34. The van der Waals surface area contributed by atoms with Gasteiger partial charge in [0.2, 0.25) is 0 Å². The van der Waals surface area contributed by atoms with Gasteiger partial charge in [0.25, 0.3) is 0 Å². The van der Waals surface area contributed by atoms with Gasteiger partial charge in [-0.3, -0.25) is 0 Å². The summed E-state index contributed by atoms with van der Waals surface area (Å²) in [7, 11) is -1.65. The SMILES string of the molecule is CCCc1nccn1Cc1ccc(B(O)O)cc1F. The molecule has 0 spiro atoms. The van der Waals surface area contributed by atoms with Crippen molar-refractivity contribution in [2.75, 3.05) is 0 Å². The van der Waals surface area contributed by atoms with E-state index in [0.717, 1.165) is 24.7 Å². The van der Waals surface area contributed by atoms with Crippen molar-refractivity contribution in [3.05, 3.63) is 47.8 Å². The van der Waals surface area contributed by atoms with Gasteiger partial charge in [-0.25, -0.2) is 9.37 Å². The van der Waals surface area contributed by atoms with Crippen LogP contribution >= 0.6 is 0 Å². The second-order valence-corrected chi connectivity index (χ2v) is 4.45. The Morgan fingerprint density at radius 3 is 2.79 bits per heavy atom. The van der Waals surface area contributed by atoms with E-state index in [1.54, 1.807) is 12.3 Å². The summed E-state index contributed by atoms with van der Waals surface area (Å²) in [5.74, 6) is 0.481. The lowest BCUT2D eigenvalue weighted by atomic mass is 9.80. The summed E-state index contributed by atoms with van der Waals surface area (Å²) in [6.45, 7) is 2.46. The Hall–Kier alpha value is -1.66. The number of hydrogen-bond acceptors (Lipinski definition) is 3. The molecular formula is C13H16BFN2O2. The van der Waals surface area contributed by atoms with E-state index in [-0.39, 0.29) is 5.46 Å². The van der Waals surface area contributed by atoms with Crippen molar-refractivity contribution in [2.24, 2.45) is 0 Å². The maximum absolute atomic E-state index is 13.9. The first-order valence-corrected chi connectivity index (χ1v) is 6.26. The molecule has 0 aliphatic rings. The van der Waals surface area contributed by atoms with Crippen LogP contribution in [0.15, 0.2) is 30.6 Å². The molecule has 0 aliphatic heterocycles. The Balaban J connectivity index is 2.21. The molecule has 2 aromatic rings. The molecule has 0 bridgehead atoms. The fourth-order valence-electron chi connectivity index (χ4n) is 1.97. The van der Waals surface area contributed by atoms with E-state index in [2.05, 4.69) is 11.9 Å². The van der Waals surface area contributed by atoms with Crippen LogP contribution in [-0.4, -0.2) is 26.7 Å². The highest BCUT2D eigenvalue weighted by Gasteiger charge is 2.14. The topological polar surface area (TPSA) is 58.3 Å². The molecule has 6 heteroatoms. The summed E-state index contributed by atoms with van der Waals surface area (Å²) in [4.78, 5) is 4.24. The van der Waals surface area contributed by atoms with Crippen molar-refractivity contribution in [3.63, 3.8) is 0 Å². The van der Waals surface area contributed by atoms with Crippen LogP contribution in [0.4, 0.5) is 4.39 Å². The van der Waals surface area contributed by atoms with Gasteiger partial charge in [0.1, 0.15) is 11.6 Å². The van der Waals surface area contributed by atoms with E-state index in [0.29, 0.717) is 12.1 Å². The van der Waals surface area contributed by atoms with Gasteiger partial charge in [-0.1, -0.05) is 19.1 Å². The minimum Gasteiger partial charge on any atom is -0.423 e. The largest absolute Gasteiger partial charge is 0.488 e. The van der Waals surface area contributed by atoms with Crippen LogP contribution in [0.3, 0.4) is 0 Å². The molecular weight excluding hydrogens is 246 g/mol. The van der Waals surface area contributed by atoms with Crippen LogP contribution < -0.4 is 5.46 Å². The zero-order valence-corrected chi connectivity index (χ0v) is 10.8. The van der Waals surface area contributed by atoms with E-state index in [9.17, 15) is 4.39 Å². The third-order valence-corrected chi connectivity index (χ3v) is 2.99. The average molecular weight is 262 g/mol. The van der Waals surface area contributed by atoms with E-state index in [1.165, 1.54) is 6.07 Å². The Morgan fingerprint density at radius 2 is 2.16 bits per heavy atom. The van der Waals surface area contributed by atoms with Crippen LogP contribution in [0.25, 0.3) is 0 Å². The summed E-state index contributed by atoms with van der Waals surface area (Å²) in [5, 5.41) is 18.0. The zero-order valence-electron chi connectivity index (χ0n) is 10.8. The fraction of sp³-hybridized carbons (Fsp3) is 0.308. The quantitative estimate of drug-likeness (QED) is 0.780. The summed E-state index contributed by atoms with van der Waals surface area (Å²) < 4.78 is 15.8. The van der Waals surface area contributed by atoms with Crippen molar-refractivity contribution in [1.29, 1.82) is 0 Å². The van der Waals surface area contributed by atoms with Crippen LogP contribution in [0.5, 0.6) is 0 Å². The zero-order chi connectivity index (χ0) is 13.8. The van der Waals surface area contributed by atoms with Crippen LogP contribution in [0.2, 0.25) is 0 Å². The first-order valence-electron chi connectivity index (χ1n) is 6.26. The van der Waals surface area contributed by atoms with Gasteiger partial charge in [-0.2, -0.15) is 0 Å². The second kappa shape index (κ2) is 5.99. The number of rotatable bonds is 5. The Bertz CT molecular complexity index is 557. The van der Waals surface area contributed by atoms with E-state index < -0.39 is 12.9 Å². The van der Waals surface area contributed by atoms with Crippen molar-refractivity contribution in [2.45, 2.75) is 26.3 Å². The number of nitrogens with zero attached hydrogens (tertiary/aromatic N) is 2. The van der Waals surface area contributed by atoms with Gasteiger partial charge < -0.3 is 14.6 Å². The molecule has 1 aromatic heterocycles. The van der Waals surface area contributed by atoms with Gasteiger partial charge in [-0.05, 0) is 17.9 Å². The maximum Gasteiger partial charge on any atom is 0.488 e. The molecule has 1 aromatic carbocycles. The summed E-state index contributed by atoms with van der Waals surface area (Å²) in [6, 6.07) is 4.23. The van der Waals surface area contributed by atoms with Crippen molar-refractivity contribution >= 4 is 12.6 Å². The van der Waals surface area contributed by atoms with Gasteiger partial charge in [0.05, 0.1) is 6.54 Å². The molecule has 0 amide bonds. The number of hydrogen-bond donors (Lipinski definition) is 2. The first-order chi connectivity index (χ1) is 9.11. The smallest absolute Gasteiger partial charge is 0.423 e. The highest BCUT2D eigenvalue weighted by atomic mass is 19.1. The van der Waals surface area contributed by atoms with Crippen molar-refractivity contribution in [1.82, 2.24) is 9.55 Å². The number of aromatic nitrogens is 2. The fourth-order valence-corrected chi connectivity index (χ4v) is 1.97. The molecule has 1 heterocycles. The normalized spacial score (nSPS) is 10.7. The summed E-state index contributed by atoms with van der Waals surface area (Å²) >= 11 is 0. The summed E-state index contributed by atoms with van der Waals surface area (Å²) in [5.41, 5.74) is 0.653. The third kappa shape index (κ3) is 3.21. The van der Waals surface area contributed by atoms with Crippen LogP contribution in [-0.2, 0) is 13.0 Å². The average Bonchev–Trinajstić information content (AvgIpc) is 2.79. The monoisotopic (exact) mass is 262 g/mol. The van der Waals surface area contributed by atoms with Crippen molar-refractivity contribution < 1.29 is 14.4 Å². The molecule has 0 atom stereocenters. The lowest BCUT2D eigenvalue weighted by Crippen LogP contribution is -2.30. The molecule has 0 fully saturated rings. The molecule has 0 radical (unpaired) electrons. The molecule has 0 saturated heterocycles. The van der Waals surface area contributed by atoms with E-state index >= 15 is 0 Å². The van der Waals surface area contributed by atoms with E-state index in [1.807, 2.05) is 10.8 Å². The standard InChI is InChI=1S/C13H16BFN2O2/c1-2-3-13-16-6-7-17(13)9-10-4-5-11(14(18)19)8-12(10)15/h4-8,18-19H,2-3,9H2,1H3. The Labute approximate surface area is 111 Å². The molecule has 0 unspecified atom stereocenters. The number of benzene rings is 1. The predicted molar refractivity (Wildman–Crippen MR) is 71.5 cm³/mol. The van der Waals surface area contributed by atoms with Gasteiger partial charge >= 0.3 is 7.12 Å². The third-order valence-electron chi connectivity index (χ3n) is 2.99. The van der Waals surface area contributed by atoms with Crippen molar-refractivity contribution in [3.8, 4) is 0 Å². The van der Waals surface area contributed by atoms with Crippen LogP contribution in [0.1, 0.15) is 24.7 Å². The first kappa shape index (κ1) is 13.8. The number of halogens is 1. The molecule has 0 saturated carbocycles. The highest BCUT2D eigenvalue weighted by Crippen LogP contribution is 2.10. The lowest BCUT2D eigenvalue weighted by Gasteiger charge is -2.09. The van der Waals surface area contributed by atoms with Gasteiger partial charge in [-0.15, -0.1) is 0 Å². The van der Waals surface area contributed by atoms with Gasteiger partial charge in [0.15, 0.2) is 0 Å². The maximum atomic E-state index is 13.9. The molecule has 2 rings (SSSR count). The lowest BCUT2D eigenvalue weighted by molar-refractivity contribution is 0.425. The number of imidazole rings is 1. The van der Waals surface area contributed by atoms with Crippen LogP contribution in [0, 0.1) is 5.82 Å². The number of aryl methyl sites for hydroxylation is 1. The van der Waals surface area contributed by atoms with Gasteiger partial charge in [0, 0.05) is 24.4 Å². The minimum absolute atomic E-state index is 0.153. The summed E-state index contributed by atoms with van der Waals surface area (Å²) in [6.07, 6.45) is 5.35.